The van der Waals surface area contributed by atoms with Gasteiger partial charge in [0.25, 0.3) is 12.4 Å². The Hall–Kier alpha value is -1.74. The molecule has 1 saturated heterocycles. The van der Waals surface area contributed by atoms with E-state index in [2.05, 4.69) is 4.99 Å². The van der Waals surface area contributed by atoms with E-state index in [4.69, 9.17) is 19.8 Å². The SMILES string of the molecule is CC1(C)OB(c2ccc(F)c([C@@]3(C(F)F)N=C(N)O[C@@H]4C[C@@H]43)c2)OC1(C)C. The molecule has 2 heterocycles. The molecule has 27 heavy (non-hydrogen) atoms. The Kier molecular flexibility index (Phi) is 3.89. The monoisotopic (exact) mass is 382 g/mol. The van der Waals surface area contributed by atoms with Crippen LogP contribution in [-0.2, 0) is 19.6 Å². The first-order valence-corrected chi connectivity index (χ1v) is 8.93. The van der Waals surface area contributed by atoms with Gasteiger partial charge in [-0.1, -0.05) is 12.1 Å². The van der Waals surface area contributed by atoms with Crippen molar-refractivity contribution in [1.82, 2.24) is 0 Å². The number of rotatable bonds is 3. The van der Waals surface area contributed by atoms with Crippen molar-refractivity contribution in [3.8, 4) is 0 Å². The Morgan fingerprint density at radius 2 is 1.81 bits per heavy atom. The average Bonchev–Trinajstić information content (AvgIpc) is 3.28. The van der Waals surface area contributed by atoms with Gasteiger partial charge in [-0.3, -0.25) is 0 Å². The number of benzene rings is 1. The van der Waals surface area contributed by atoms with Gasteiger partial charge in [0.1, 0.15) is 11.9 Å². The predicted octanol–water partition coefficient (Wildman–Crippen LogP) is 2.32. The zero-order valence-corrected chi connectivity index (χ0v) is 15.6. The van der Waals surface area contributed by atoms with Crippen LogP contribution in [0.15, 0.2) is 23.2 Å². The summed E-state index contributed by atoms with van der Waals surface area (Å²) in [6.45, 7) is 7.54. The Labute approximate surface area is 156 Å². The van der Waals surface area contributed by atoms with Crippen LogP contribution in [0.4, 0.5) is 13.2 Å². The van der Waals surface area contributed by atoms with Gasteiger partial charge in [0.05, 0.1) is 11.2 Å². The summed E-state index contributed by atoms with van der Waals surface area (Å²) >= 11 is 0. The second kappa shape index (κ2) is 5.64. The molecule has 0 bridgehead atoms. The highest BCUT2D eigenvalue weighted by Crippen LogP contribution is 2.56. The van der Waals surface area contributed by atoms with Crippen LogP contribution < -0.4 is 11.2 Å². The third kappa shape index (κ3) is 2.66. The van der Waals surface area contributed by atoms with Crippen molar-refractivity contribution in [1.29, 1.82) is 0 Å². The van der Waals surface area contributed by atoms with Crippen molar-refractivity contribution in [2.24, 2.45) is 16.6 Å². The molecule has 2 fully saturated rings. The van der Waals surface area contributed by atoms with Gasteiger partial charge in [-0.25, -0.2) is 18.2 Å². The fourth-order valence-electron chi connectivity index (χ4n) is 3.78. The van der Waals surface area contributed by atoms with Gasteiger partial charge in [0.2, 0.25) is 0 Å². The minimum absolute atomic E-state index is 0.205. The molecule has 1 aliphatic carbocycles. The Morgan fingerprint density at radius 1 is 1.19 bits per heavy atom. The maximum Gasteiger partial charge on any atom is 0.494 e. The van der Waals surface area contributed by atoms with E-state index in [0.717, 1.165) is 6.07 Å². The lowest BCUT2D eigenvalue weighted by atomic mass is 9.75. The number of hydrogen-bond acceptors (Lipinski definition) is 5. The van der Waals surface area contributed by atoms with E-state index < -0.39 is 48.1 Å². The predicted molar refractivity (Wildman–Crippen MR) is 94.4 cm³/mol. The summed E-state index contributed by atoms with van der Waals surface area (Å²) in [5, 5.41) is 0. The Balaban J connectivity index is 1.79. The van der Waals surface area contributed by atoms with Crippen LogP contribution in [-0.4, -0.2) is 36.9 Å². The van der Waals surface area contributed by atoms with Gasteiger partial charge in [-0.15, -0.1) is 0 Å². The lowest BCUT2D eigenvalue weighted by Gasteiger charge is -2.33. The van der Waals surface area contributed by atoms with Gasteiger partial charge >= 0.3 is 7.12 Å². The zero-order valence-electron chi connectivity index (χ0n) is 15.6. The van der Waals surface area contributed by atoms with Crippen LogP contribution in [0.5, 0.6) is 0 Å². The molecule has 0 amide bonds. The number of aliphatic imine (C=N–C) groups is 1. The quantitative estimate of drug-likeness (QED) is 0.815. The van der Waals surface area contributed by atoms with Gasteiger partial charge in [0.15, 0.2) is 5.54 Å². The number of amidine groups is 1. The first-order chi connectivity index (χ1) is 12.5. The smallest absolute Gasteiger partial charge is 0.462 e. The normalized spacial score (nSPS) is 33.5. The molecule has 3 aliphatic rings. The van der Waals surface area contributed by atoms with Crippen LogP contribution in [0.1, 0.15) is 39.7 Å². The number of hydrogen-bond donors (Lipinski definition) is 1. The van der Waals surface area contributed by atoms with Gasteiger partial charge in [-0.2, -0.15) is 0 Å². The van der Waals surface area contributed by atoms with Crippen molar-refractivity contribution in [2.75, 3.05) is 0 Å². The van der Waals surface area contributed by atoms with Crippen LogP contribution in [0.3, 0.4) is 0 Å². The number of halogens is 3. The third-order valence-electron chi connectivity index (χ3n) is 6.14. The molecule has 1 aromatic carbocycles. The van der Waals surface area contributed by atoms with Crippen molar-refractivity contribution >= 4 is 18.6 Å². The summed E-state index contributed by atoms with van der Waals surface area (Å²) in [6, 6.07) is 3.66. The fourth-order valence-corrected chi connectivity index (χ4v) is 3.78. The Bertz CT molecular complexity index is 801. The molecular weight excluding hydrogens is 360 g/mol. The molecule has 2 aliphatic heterocycles. The standard InChI is InChI=1S/C18H22BF3N2O3/c1-16(2)17(3,4)27-19(26-16)9-5-6-12(20)10(7-9)18(14(21)22)11-8-13(11)25-15(23)24-18/h5-7,11,13-14H,8H2,1-4H3,(H2,23,24)/t11-,13+,18+/m0/s1. The minimum atomic E-state index is -2.93. The van der Waals surface area contributed by atoms with Gasteiger partial charge in [-0.05, 0) is 45.6 Å². The first kappa shape index (κ1) is 18.6. The molecule has 5 nitrogen and oxygen atoms in total. The van der Waals surface area contributed by atoms with E-state index in [1.807, 2.05) is 27.7 Å². The van der Waals surface area contributed by atoms with Crippen LogP contribution in [0, 0.1) is 11.7 Å². The highest BCUT2D eigenvalue weighted by Gasteiger charge is 2.64. The molecule has 0 spiro atoms. The van der Waals surface area contributed by atoms with E-state index in [1.165, 1.54) is 12.1 Å². The van der Waals surface area contributed by atoms with Crippen molar-refractivity contribution in [2.45, 2.75) is 63.4 Å². The summed E-state index contributed by atoms with van der Waals surface area (Å²) < 4.78 is 60.3. The van der Waals surface area contributed by atoms with E-state index in [-0.39, 0.29) is 11.6 Å². The molecular formula is C18H22BF3N2O3. The first-order valence-electron chi connectivity index (χ1n) is 8.93. The molecule has 146 valence electrons. The third-order valence-corrected chi connectivity index (χ3v) is 6.14. The lowest BCUT2D eigenvalue weighted by molar-refractivity contribution is 0.00578. The van der Waals surface area contributed by atoms with Crippen LogP contribution >= 0.6 is 0 Å². The molecule has 4 rings (SSSR count). The zero-order chi connectivity index (χ0) is 19.8. The molecule has 0 unspecified atom stereocenters. The molecule has 9 heteroatoms. The van der Waals surface area contributed by atoms with Crippen molar-refractivity contribution < 1.29 is 27.2 Å². The summed E-state index contributed by atoms with van der Waals surface area (Å²) in [5.74, 6) is -1.38. The Morgan fingerprint density at radius 3 is 2.41 bits per heavy atom. The number of nitrogens with two attached hydrogens (primary N) is 1. The number of nitrogens with zero attached hydrogens (tertiary/aromatic N) is 1. The highest BCUT2D eigenvalue weighted by molar-refractivity contribution is 6.62. The topological polar surface area (TPSA) is 66.1 Å². The largest absolute Gasteiger partial charge is 0.494 e. The van der Waals surface area contributed by atoms with E-state index in [1.54, 1.807) is 0 Å². The van der Waals surface area contributed by atoms with Gasteiger partial charge in [0, 0.05) is 11.5 Å². The number of ether oxygens (including phenoxy) is 1. The molecule has 1 saturated carbocycles. The van der Waals surface area contributed by atoms with Crippen molar-refractivity contribution in [3.63, 3.8) is 0 Å². The van der Waals surface area contributed by atoms with Gasteiger partial charge < -0.3 is 19.8 Å². The van der Waals surface area contributed by atoms with Crippen molar-refractivity contribution in [3.05, 3.63) is 29.6 Å². The molecule has 2 N–H and O–H groups in total. The van der Waals surface area contributed by atoms with E-state index in [0.29, 0.717) is 11.9 Å². The second-order valence-electron chi connectivity index (χ2n) is 8.40. The molecule has 0 aromatic heterocycles. The fraction of sp³-hybridized carbons (Fsp3) is 0.611. The summed E-state index contributed by atoms with van der Waals surface area (Å²) in [5.41, 5.74) is 2.60. The second-order valence-corrected chi connectivity index (χ2v) is 8.40. The van der Waals surface area contributed by atoms with E-state index >= 15 is 0 Å². The summed E-state index contributed by atoms with van der Waals surface area (Å²) in [7, 11) is -0.791. The van der Waals surface area contributed by atoms with Crippen LogP contribution in [0.25, 0.3) is 0 Å². The summed E-state index contributed by atoms with van der Waals surface area (Å²) in [6.07, 6.45) is -3.04. The minimum Gasteiger partial charge on any atom is -0.462 e. The number of alkyl halides is 2. The van der Waals surface area contributed by atoms with Crippen LogP contribution in [0.2, 0.25) is 0 Å². The van der Waals surface area contributed by atoms with E-state index in [9.17, 15) is 13.2 Å². The summed E-state index contributed by atoms with van der Waals surface area (Å²) in [4.78, 5) is 3.89. The average molecular weight is 382 g/mol. The maximum absolute atomic E-state index is 14.7. The molecule has 1 aromatic rings. The molecule has 3 atom stereocenters. The lowest BCUT2D eigenvalue weighted by Crippen LogP contribution is -2.44. The number of fused-ring (bicyclic) bond motifs is 1. The maximum atomic E-state index is 14.7. The molecule has 0 radical (unpaired) electrons. The highest BCUT2D eigenvalue weighted by atomic mass is 19.3.